The van der Waals surface area contributed by atoms with E-state index in [1.54, 1.807) is 6.07 Å². The smallest absolute Gasteiger partial charge is 0.251 e. The Kier molecular flexibility index (Phi) is 8.49. The average Bonchev–Trinajstić information content (AvgIpc) is 2.75. The number of amides is 2. The lowest BCUT2D eigenvalue weighted by molar-refractivity contribution is -0.115. The Labute approximate surface area is 176 Å². The third kappa shape index (κ3) is 6.38. The molecule has 0 aliphatic carbocycles. The molecule has 0 fully saturated rings. The minimum atomic E-state index is -0.441. The van der Waals surface area contributed by atoms with Gasteiger partial charge in [0, 0.05) is 11.3 Å². The van der Waals surface area contributed by atoms with E-state index in [-0.39, 0.29) is 24.1 Å². The average molecular weight is 416 g/mol. The van der Waals surface area contributed by atoms with Crippen molar-refractivity contribution in [1.29, 1.82) is 0 Å². The molecule has 8 heteroatoms. The minimum absolute atomic E-state index is 0.119. The van der Waals surface area contributed by atoms with E-state index in [4.69, 9.17) is 18.9 Å². The highest BCUT2D eigenvalue weighted by Gasteiger charge is 2.17. The van der Waals surface area contributed by atoms with E-state index in [0.29, 0.717) is 29.5 Å². The summed E-state index contributed by atoms with van der Waals surface area (Å²) in [5, 5.41) is 5.35. The first-order chi connectivity index (χ1) is 14.4. The van der Waals surface area contributed by atoms with Crippen LogP contribution < -0.4 is 24.8 Å². The lowest BCUT2D eigenvalue weighted by Gasteiger charge is -2.14. The third-order valence-corrected chi connectivity index (χ3v) is 4.13. The van der Waals surface area contributed by atoms with E-state index in [1.165, 1.54) is 33.5 Å². The monoisotopic (exact) mass is 416 g/mol. The van der Waals surface area contributed by atoms with E-state index in [0.717, 1.165) is 5.56 Å². The number of carbonyl (C=O) groups excluding carboxylic acids is 2. The molecule has 2 aromatic carbocycles. The maximum absolute atomic E-state index is 12.5. The molecule has 2 amide bonds. The van der Waals surface area contributed by atoms with Crippen LogP contribution >= 0.6 is 0 Å². The van der Waals surface area contributed by atoms with Crippen molar-refractivity contribution in [2.75, 3.05) is 33.2 Å². The van der Waals surface area contributed by atoms with E-state index in [2.05, 4.69) is 10.6 Å². The molecule has 8 nitrogen and oxygen atoms in total. The van der Waals surface area contributed by atoms with Crippen molar-refractivity contribution in [1.82, 2.24) is 5.32 Å². The summed E-state index contributed by atoms with van der Waals surface area (Å²) in [6.45, 7) is 4.19. The second-order valence-corrected chi connectivity index (χ2v) is 6.71. The van der Waals surface area contributed by atoms with Crippen LogP contribution in [0.1, 0.15) is 29.8 Å². The van der Waals surface area contributed by atoms with Crippen LogP contribution in [-0.4, -0.2) is 45.8 Å². The quantitative estimate of drug-likeness (QED) is 0.618. The molecule has 2 aromatic rings. The normalized spacial score (nSPS) is 10.5. The number of methoxy groups -OCH3 is 3. The number of hydrogen-bond acceptors (Lipinski definition) is 6. The highest BCUT2D eigenvalue weighted by atomic mass is 16.5. The number of nitrogens with one attached hydrogen (secondary N) is 2. The Hall–Kier alpha value is -3.26. The Morgan fingerprint density at radius 2 is 1.63 bits per heavy atom. The zero-order valence-electron chi connectivity index (χ0n) is 17.9. The fourth-order valence-electron chi connectivity index (χ4n) is 2.68. The lowest BCUT2D eigenvalue weighted by atomic mass is 10.1. The van der Waals surface area contributed by atoms with Gasteiger partial charge < -0.3 is 29.6 Å². The van der Waals surface area contributed by atoms with Crippen LogP contribution in [0, 0.1) is 0 Å². The number of benzene rings is 2. The van der Waals surface area contributed by atoms with Crippen molar-refractivity contribution in [3.63, 3.8) is 0 Å². The molecule has 0 aliphatic rings. The van der Waals surface area contributed by atoms with Crippen molar-refractivity contribution in [3.8, 4) is 17.2 Å². The van der Waals surface area contributed by atoms with Gasteiger partial charge in [-0.05, 0) is 43.7 Å². The third-order valence-electron chi connectivity index (χ3n) is 4.13. The van der Waals surface area contributed by atoms with Gasteiger partial charge in [0.2, 0.25) is 11.7 Å². The number of hydrogen-bond donors (Lipinski definition) is 2. The molecule has 0 atom stereocenters. The summed E-state index contributed by atoms with van der Waals surface area (Å²) in [6.07, 6.45) is 0.119. The van der Waals surface area contributed by atoms with Crippen molar-refractivity contribution >= 4 is 17.5 Å². The highest BCUT2D eigenvalue weighted by molar-refractivity contribution is 6.00. The second-order valence-electron chi connectivity index (χ2n) is 6.71. The first-order valence-corrected chi connectivity index (χ1v) is 9.46. The van der Waals surface area contributed by atoms with Crippen LogP contribution in [0.5, 0.6) is 17.2 Å². The van der Waals surface area contributed by atoms with Gasteiger partial charge in [-0.15, -0.1) is 0 Å². The highest BCUT2D eigenvalue weighted by Crippen LogP contribution is 2.38. The van der Waals surface area contributed by atoms with Gasteiger partial charge in [-0.1, -0.05) is 12.1 Å². The van der Waals surface area contributed by atoms with Crippen molar-refractivity contribution in [3.05, 3.63) is 47.5 Å². The van der Waals surface area contributed by atoms with Crippen LogP contribution in [0.15, 0.2) is 36.4 Å². The van der Waals surface area contributed by atoms with Gasteiger partial charge in [-0.3, -0.25) is 9.59 Å². The molecule has 0 bridgehead atoms. The second kappa shape index (κ2) is 11.1. The largest absolute Gasteiger partial charge is 0.493 e. The maximum atomic E-state index is 12.5. The van der Waals surface area contributed by atoms with Gasteiger partial charge in [-0.2, -0.15) is 0 Å². The molecule has 162 valence electrons. The predicted molar refractivity (Wildman–Crippen MR) is 113 cm³/mol. The molecule has 2 N–H and O–H groups in total. The molecule has 0 saturated carbocycles. The van der Waals surface area contributed by atoms with E-state index >= 15 is 0 Å². The molecule has 0 heterocycles. The molecule has 0 spiro atoms. The maximum Gasteiger partial charge on any atom is 0.251 e. The van der Waals surface area contributed by atoms with Crippen molar-refractivity contribution < 1.29 is 28.5 Å². The van der Waals surface area contributed by atoms with Gasteiger partial charge in [0.1, 0.15) is 0 Å². The van der Waals surface area contributed by atoms with Crippen LogP contribution in [0.4, 0.5) is 5.69 Å². The zero-order chi connectivity index (χ0) is 22.1. The first kappa shape index (κ1) is 23.0. The van der Waals surface area contributed by atoms with Gasteiger partial charge in [-0.25, -0.2) is 0 Å². The van der Waals surface area contributed by atoms with Gasteiger partial charge >= 0.3 is 0 Å². The van der Waals surface area contributed by atoms with E-state index < -0.39 is 5.91 Å². The summed E-state index contributed by atoms with van der Waals surface area (Å²) >= 11 is 0. The summed E-state index contributed by atoms with van der Waals surface area (Å²) in [5.74, 6) is 0.301. The van der Waals surface area contributed by atoms with Crippen LogP contribution in [-0.2, 0) is 16.1 Å². The van der Waals surface area contributed by atoms with Crippen LogP contribution in [0.25, 0.3) is 0 Å². The van der Waals surface area contributed by atoms with Crippen molar-refractivity contribution in [2.24, 2.45) is 0 Å². The molecule has 0 saturated heterocycles. The van der Waals surface area contributed by atoms with Gasteiger partial charge in [0.05, 0.1) is 40.6 Å². The summed E-state index contributed by atoms with van der Waals surface area (Å²) in [6, 6.07) is 10.4. The topological polar surface area (TPSA) is 95.1 Å². The SMILES string of the molecule is COc1cc(C(=O)NCC(=O)Nc2cccc(COC(C)C)c2)cc(OC)c1OC. The fraction of sp³-hybridized carbons (Fsp3) is 0.364. The lowest BCUT2D eigenvalue weighted by Crippen LogP contribution is -2.32. The van der Waals surface area contributed by atoms with E-state index in [1.807, 2.05) is 32.0 Å². The first-order valence-electron chi connectivity index (χ1n) is 9.46. The van der Waals surface area contributed by atoms with Gasteiger partial charge in [0.25, 0.3) is 5.91 Å². The molecule has 2 rings (SSSR count). The standard InChI is InChI=1S/C22H28N2O6/c1-14(2)30-13-15-7-6-8-17(9-15)24-20(25)12-23-22(26)16-10-18(27-3)21(29-5)19(11-16)28-4/h6-11,14H,12-13H2,1-5H3,(H,23,26)(H,24,25). The van der Waals surface area contributed by atoms with E-state index in [9.17, 15) is 9.59 Å². The number of ether oxygens (including phenoxy) is 4. The molecule has 0 aliphatic heterocycles. The fourth-order valence-corrected chi connectivity index (χ4v) is 2.68. The Morgan fingerprint density at radius 1 is 0.967 bits per heavy atom. The number of anilines is 1. The molecular weight excluding hydrogens is 388 g/mol. The van der Waals surface area contributed by atoms with Crippen LogP contribution in [0.2, 0.25) is 0 Å². The molecular formula is C22H28N2O6. The Morgan fingerprint density at radius 3 is 2.20 bits per heavy atom. The molecule has 0 unspecified atom stereocenters. The Bertz CT molecular complexity index is 857. The molecule has 0 radical (unpaired) electrons. The number of rotatable bonds is 10. The summed E-state index contributed by atoms with van der Waals surface area (Å²) in [5.41, 5.74) is 1.86. The van der Waals surface area contributed by atoms with Crippen LogP contribution in [0.3, 0.4) is 0 Å². The predicted octanol–water partition coefficient (Wildman–Crippen LogP) is 3.01. The summed E-state index contributed by atoms with van der Waals surface area (Å²) < 4.78 is 21.3. The summed E-state index contributed by atoms with van der Waals surface area (Å²) in [7, 11) is 4.41. The molecule has 30 heavy (non-hydrogen) atoms. The number of carbonyl (C=O) groups is 2. The molecule has 0 aromatic heterocycles. The Balaban J connectivity index is 1.98. The minimum Gasteiger partial charge on any atom is -0.493 e. The van der Waals surface area contributed by atoms with Crippen molar-refractivity contribution in [2.45, 2.75) is 26.6 Å². The summed E-state index contributed by atoms with van der Waals surface area (Å²) in [4.78, 5) is 24.7. The van der Waals surface area contributed by atoms with Gasteiger partial charge in [0.15, 0.2) is 11.5 Å². The zero-order valence-corrected chi connectivity index (χ0v) is 17.9.